The van der Waals surface area contributed by atoms with Crippen LogP contribution in [-0.4, -0.2) is 65.7 Å². The first kappa shape index (κ1) is 41.1. The monoisotopic (exact) mass is 866 g/mol. The van der Waals surface area contributed by atoms with Gasteiger partial charge in [-0.15, -0.1) is 43.1 Å². The smallest absolute Gasteiger partial charge is 0.163 e. The molecule has 0 aliphatic carbocycles. The fourth-order valence-electron chi connectivity index (χ4n) is 7.75. The molecule has 8 rings (SSSR count). The maximum Gasteiger partial charge on any atom is 0.163 e. The van der Waals surface area contributed by atoms with Crippen LogP contribution < -0.4 is 0 Å². The maximum absolute atomic E-state index is 13.5. The van der Waals surface area contributed by atoms with Crippen LogP contribution in [0, 0.1) is 41.5 Å². The van der Waals surface area contributed by atoms with Gasteiger partial charge in [-0.25, -0.2) is 0 Å². The van der Waals surface area contributed by atoms with Gasteiger partial charge in [-0.2, -0.15) is 0 Å². The van der Waals surface area contributed by atoms with E-state index in [2.05, 4.69) is 57.2 Å². The Morgan fingerprint density at radius 1 is 0.610 bits per heavy atom. The first-order valence-electron chi connectivity index (χ1n) is 19.7. The third kappa shape index (κ3) is 8.15. The number of carbonyl (C=O) groups excluding carboxylic acids is 2. The highest BCUT2D eigenvalue weighted by Crippen LogP contribution is 2.41. The molecule has 2 atom stereocenters. The van der Waals surface area contributed by atoms with Crippen LogP contribution >= 0.6 is 45.9 Å². The molecule has 59 heavy (non-hydrogen) atoms. The topological polar surface area (TPSA) is 130 Å². The zero-order valence-electron chi connectivity index (χ0n) is 33.8. The van der Waals surface area contributed by atoms with Gasteiger partial charge in [0.15, 0.2) is 11.6 Å². The third-order valence-electron chi connectivity index (χ3n) is 11.0. The molecule has 0 saturated heterocycles. The number of hydrogen-bond acceptors (Lipinski definition) is 11. The Morgan fingerprint density at radius 2 is 1.00 bits per heavy atom. The van der Waals surface area contributed by atoms with Crippen molar-refractivity contribution in [1.29, 1.82) is 0 Å². The van der Waals surface area contributed by atoms with Gasteiger partial charge in [-0.3, -0.25) is 28.7 Å². The molecule has 0 amide bonds. The van der Waals surface area contributed by atoms with Crippen molar-refractivity contribution in [2.24, 2.45) is 9.98 Å². The number of fused-ring (bicyclic) bond motifs is 6. The largest absolute Gasteiger partial charge is 0.381 e. The Hall–Kier alpha value is -4.66. The predicted molar refractivity (Wildman–Crippen MR) is 235 cm³/mol. The highest BCUT2D eigenvalue weighted by molar-refractivity contribution is 7.15. The summed E-state index contributed by atoms with van der Waals surface area (Å²) in [6.45, 7) is 13.1. The third-order valence-corrected chi connectivity index (χ3v) is 13.9. The number of carbonyl (C=O) groups is 2. The van der Waals surface area contributed by atoms with Gasteiger partial charge < -0.3 is 4.74 Å². The van der Waals surface area contributed by atoms with Crippen molar-refractivity contribution in [3.05, 3.63) is 125 Å². The average molecular weight is 868 g/mol. The Morgan fingerprint density at radius 3 is 1.39 bits per heavy atom. The summed E-state index contributed by atoms with van der Waals surface area (Å²) in [5, 5.41) is 21.2. The average Bonchev–Trinajstić information content (AvgIpc) is 3.90. The number of nitrogens with zero attached hydrogens (tertiary/aromatic N) is 8. The maximum atomic E-state index is 13.5. The molecule has 2 aliphatic heterocycles. The van der Waals surface area contributed by atoms with E-state index in [9.17, 15) is 9.59 Å². The Labute approximate surface area is 361 Å². The second-order valence-corrected chi connectivity index (χ2v) is 18.4. The van der Waals surface area contributed by atoms with E-state index in [1.165, 1.54) is 9.75 Å². The number of hydrogen-bond donors (Lipinski definition) is 0. The highest BCUT2D eigenvalue weighted by atomic mass is 35.5. The Bertz CT molecular complexity index is 2460. The van der Waals surface area contributed by atoms with E-state index in [-0.39, 0.29) is 24.4 Å². The summed E-state index contributed by atoms with van der Waals surface area (Å²) >= 11 is 15.9. The number of aryl methyl sites for hydroxylation is 4. The summed E-state index contributed by atoms with van der Waals surface area (Å²) in [7, 11) is 0. The molecule has 15 heteroatoms. The molecule has 2 aromatic carbocycles. The lowest BCUT2D eigenvalue weighted by molar-refractivity contribution is -0.120. The normalized spacial score (nSPS) is 15.7. The number of rotatable bonds is 14. The number of Topliss-reactive ketones (excluding diaryl/α,β-unsaturated/α-hetero) is 2. The number of halogens is 2. The first-order chi connectivity index (χ1) is 28.4. The van der Waals surface area contributed by atoms with E-state index >= 15 is 0 Å². The van der Waals surface area contributed by atoms with Gasteiger partial charge in [-0.1, -0.05) is 47.5 Å². The van der Waals surface area contributed by atoms with Crippen molar-refractivity contribution in [3.63, 3.8) is 0 Å². The Balaban J connectivity index is 0.877. The lowest BCUT2D eigenvalue weighted by atomic mass is 9.99. The number of thiophene rings is 2. The standard InChI is InChI=1S/C44H44Cl2N8O3S2/c1-23-25(3)58-43-37(23)39(29-11-15-31(45)16-12-29)47-35(41-51-49-27(5)53(41)43)21-33(55)9-7-19-57-20-8-10-34(56)22-36-42-52-50-28(6)54(42)44-38(24(2)26(4)59-44)40(48-36)30-13-17-32(46)18-14-30/h11-18,35-36H,7-10,19-22H2,1-6H3. The summed E-state index contributed by atoms with van der Waals surface area (Å²) in [4.78, 5) is 39.8. The van der Waals surface area contributed by atoms with Gasteiger partial charge in [0.2, 0.25) is 0 Å². The number of benzene rings is 2. The van der Waals surface area contributed by atoms with Crippen molar-refractivity contribution in [1.82, 2.24) is 29.5 Å². The fraction of sp³-hybridized carbons (Fsp3) is 0.364. The number of ketones is 2. The molecule has 0 N–H and O–H groups in total. The van der Waals surface area contributed by atoms with Gasteiger partial charge in [0.05, 0.1) is 11.4 Å². The SMILES string of the molecule is Cc1sc2c(c1C)C(c1ccc(Cl)cc1)=NC(CC(=O)CCCOCCCC(=O)CC1N=C(c3ccc(Cl)cc3)c3c(sc(C)c3C)-n3c(C)nnc31)c1nnc(C)n1-2. The van der Waals surface area contributed by atoms with Crippen molar-refractivity contribution in [3.8, 4) is 10.0 Å². The van der Waals surface area contributed by atoms with Crippen molar-refractivity contribution < 1.29 is 14.3 Å². The molecule has 0 radical (unpaired) electrons. The van der Waals surface area contributed by atoms with E-state index in [1.807, 2.05) is 62.4 Å². The first-order valence-corrected chi connectivity index (χ1v) is 22.1. The number of ether oxygens (including phenoxy) is 1. The molecule has 6 aromatic rings. The van der Waals surface area contributed by atoms with Crippen LogP contribution in [0.2, 0.25) is 10.0 Å². The predicted octanol–water partition coefficient (Wildman–Crippen LogP) is 10.1. The van der Waals surface area contributed by atoms with Crippen molar-refractivity contribution >= 4 is 68.9 Å². The molecule has 2 aliphatic rings. The van der Waals surface area contributed by atoms with Crippen LogP contribution in [0.1, 0.15) is 117 Å². The van der Waals surface area contributed by atoms with Gasteiger partial charge in [0.25, 0.3) is 0 Å². The van der Waals surface area contributed by atoms with E-state index in [1.54, 1.807) is 22.7 Å². The van der Waals surface area contributed by atoms with Crippen LogP contribution in [0.4, 0.5) is 0 Å². The van der Waals surface area contributed by atoms with Crippen molar-refractivity contribution in [2.75, 3.05) is 13.2 Å². The zero-order chi connectivity index (χ0) is 41.5. The van der Waals surface area contributed by atoms with Gasteiger partial charge in [-0.05, 0) is 89.8 Å². The minimum atomic E-state index is -0.501. The summed E-state index contributed by atoms with van der Waals surface area (Å²) < 4.78 is 10.0. The second-order valence-electron chi connectivity index (χ2n) is 15.1. The number of aliphatic imine (C=N–C) groups is 2. The summed E-state index contributed by atoms with van der Waals surface area (Å²) in [5.41, 5.74) is 7.87. The summed E-state index contributed by atoms with van der Waals surface area (Å²) in [5.74, 6) is 2.98. The minimum Gasteiger partial charge on any atom is -0.381 e. The quantitative estimate of drug-likeness (QED) is 0.0997. The molecule has 2 unspecified atom stereocenters. The summed E-state index contributed by atoms with van der Waals surface area (Å²) in [6.07, 6.45) is 2.20. The molecule has 0 saturated carbocycles. The lowest BCUT2D eigenvalue weighted by Gasteiger charge is -2.13. The molecule has 6 heterocycles. The van der Waals surface area contributed by atoms with Crippen LogP contribution in [0.3, 0.4) is 0 Å². The van der Waals surface area contributed by atoms with Crippen LogP contribution in [0.25, 0.3) is 10.0 Å². The molecule has 0 bridgehead atoms. The minimum absolute atomic E-state index is 0.0723. The van der Waals surface area contributed by atoms with Gasteiger partial charge in [0.1, 0.15) is 45.3 Å². The van der Waals surface area contributed by atoms with Crippen molar-refractivity contribution in [2.45, 2.75) is 92.2 Å². The zero-order valence-corrected chi connectivity index (χ0v) is 37.0. The van der Waals surface area contributed by atoms with Crippen LogP contribution in [0.15, 0.2) is 58.5 Å². The summed E-state index contributed by atoms with van der Waals surface area (Å²) in [6, 6.07) is 14.3. The molecular formula is C44H44Cl2N8O3S2. The number of aromatic nitrogens is 6. The van der Waals surface area contributed by atoms with Crippen LogP contribution in [-0.2, 0) is 14.3 Å². The molecule has 0 fully saturated rings. The van der Waals surface area contributed by atoms with E-state index in [4.69, 9.17) is 37.9 Å². The van der Waals surface area contributed by atoms with Crippen LogP contribution in [0.5, 0.6) is 0 Å². The fourth-order valence-corrected chi connectivity index (χ4v) is 10.4. The Kier molecular flexibility index (Phi) is 11.9. The van der Waals surface area contributed by atoms with E-state index in [0.29, 0.717) is 60.6 Å². The van der Waals surface area contributed by atoms with Gasteiger partial charge >= 0.3 is 0 Å². The highest BCUT2D eigenvalue weighted by Gasteiger charge is 2.34. The second kappa shape index (κ2) is 17.1. The van der Waals surface area contributed by atoms with Gasteiger partial charge in [0, 0.05) is 81.0 Å². The molecule has 4 aromatic heterocycles. The van der Waals surface area contributed by atoms with E-state index < -0.39 is 12.1 Å². The van der Waals surface area contributed by atoms with E-state index in [0.717, 1.165) is 66.5 Å². The molecule has 304 valence electrons. The molecule has 0 spiro atoms. The molecule has 11 nitrogen and oxygen atoms in total. The molecular weight excluding hydrogens is 824 g/mol. The lowest BCUT2D eigenvalue weighted by Crippen LogP contribution is -2.12.